The van der Waals surface area contributed by atoms with E-state index in [4.69, 9.17) is 5.10 Å². The lowest BCUT2D eigenvalue weighted by Gasteiger charge is -2.35. The Bertz CT molecular complexity index is 658. The van der Waals surface area contributed by atoms with Crippen molar-refractivity contribution in [3.63, 3.8) is 0 Å². The fraction of sp³-hybridized carbons (Fsp3) is 0.389. The molecule has 3 aliphatic rings. The molecule has 0 aliphatic carbocycles. The van der Waals surface area contributed by atoms with E-state index in [0.717, 1.165) is 12.8 Å². The number of nitrogens with zero attached hydrogens (tertiary/aromatic N) is 3. The summed E-state index contributed by atoms with van der Waals surface area (Å²) in [5.41, 5.74) is 5.49. The summed E-state index contributed by atoms with van der Waals surface area (Å²) >= 11 is 0. The Labute approximate surface area is 126 Å². The SMILES string of the molecule is C=C1C(CC)c2cccc3c2C2N(C=C3)C=NN2C1CC. The van der Waals surface area contributed by atoms with E-state index in [1.54, 1.807) is 0 Å². The van der Waals surface area contributed by atoms with Crippen LogP contribution < -0.4 is 0 Å². The lowest BCUT2D eigenvalue weighted by atomic mass is 9.82. The zero-order valence-corrected chi connectivity index (χ0v) is 12.7. The van der Waals surface area contributed by atoms with Gasteiger partial charge in [0.15, 0.2) is 6.17 Å². The van der Waals surface area contributed by atoms with Gasteiger partial charge in [-0.25, -0.2) is 0 Å². The Balaban J connectivity index is 1.99. The Morgan fingerprint density at radius 2 is 2.10 bits per heavy atom. The summed E-state index contributed by atoms with van der Waals surface area (Å²) in [5.74, 6) is 0.430. The van der Waals surface area contributed by atoms with Crippen LogP contribution >= 0.6 is 0 Å². The lowest BCUT2D eigenvalue weighted by Crippen LogP contribution is -2.37. The second-order valence-corrected chi connectivity index (χ2v) is 6.06. The van der Waals surface area contributed by atoms with Gasteiger partial charge in [0, 0.05) is 17.7 Å². The van der Waals surface area contributed by atoms with Crippen LogP contribution in [-0.4, -0.2) is 22.3 Å². The van der Waals surface area contributed by atoms with E-state index in [1.807, 2.05) is 6.34 Å². The zero-order valence-electron chi connectivity index (χ0n) is 12.7. The van der Waals surface area contributed by atoms with Crippen LogP contribution in [0.25, 0.3) is 6.08 Å². The normalized spacial score (nSPS) is 28.9. The van der Waals surface area contributed by atoms with Gasteiger partial charge < -0.3 is 4.90 Å². The lowest BCUT2D eigenvalue weighted by molar-refractivity contribution is 0.120. The third-order valence-corrected chi connectivity index (χ3v) is 5.07. The zero-order chi connectivity index (χ0) is 14.6. The third-order valence-electron chi connectivity index (χ3n) is 5.07. The maximum absolute atomic E-state index is 4.70. The van der Waals surface area contributed by atoms with Crippen LogP contribution in [0.3, 0.4) is 0 Å². The fourth-order valence-corrected chi connectivity index (χ4v) is 4.08. The Kier molecular flexibility index (Phi) is 2.71. The molecule has 3 heterocycles. The molecule has 1 aromatic rings. The highest BCUT2D eigenvalue weighted by atomic mass is 15.6. The van der Waals surface area contributed by atoms with E-state index in [-0.39, 0.29) is 6.17 Å². The van der Waals surface area contributed by atoms with Gasteiger partial charge in [0.1, 0.15) is 6.34 Å². The summed E-state index contributed by atoms with van der Waals surface area (Å²) in [4.78, 5) is 2.22. The highest BCUT2D eigenvalue weighted by Gasteiger charge is 2.42. The molecule has 0 bridgehead atoms. The fourth-order valence-electron chi connectivity index (χ4n) is 4.08. The first kappa shape index (κ1) is 12.7. The molecule has 0 spiro atoms. The molecular formula is C18H21N3. The third kappa shape index (κ3) is 1.57. The second kappa shape index (κ2) is 4.48. The van der Waals surface area contributed by atoms with Gasteiger partial charge >= 0.3 is 0 Å². The van der Waals surface area contributed by atoms with E-state index in [9.17, 15) is 0 Å². The Morgan fingerprint density at radius 1 is 1.24 bits per heavy atom. The molecule has 3 nitrogen and oxygen atoms in total. The molecule has 4 rings (SSSR count). The Hall–Kier alpha value is -2.03. The minimum atomic E-state index is 0.208. The van der Waals surface area contributed by atoms with Crippen molar-refractivity contribution >= 4 is 12.4 Å². The summed E-state index contributed by atoms with van der Waals surface area (Å²) in [6, 6.07) is 6.99. The van der Waals surface area contributed by atoms with Crippen LogP contribution in [-0.2, 0) is 0 Å². The van der Waals surface area contributed by atoms with Crippen molar-refractivity contribution in [3.05, 3.63) is 53.2 Å². The summed E-state index contributed by atoms with van der Waals surface area (Å²) < 4.78 is 0. The number of rotatable bonds is 2. The topological polar surface area (TPSA) is 18.8 Å². The van der Waals surface area contributed by atoms with E-state index < -0.39 is 0 Å². The molecule has 3 unspecified atom stereocenters. The first-order valence-electron chi connectivity index (χ1n) is 7.85. The van der Waals surface area contributed by atoms with E-state index in [1.165, 1.54) is 22.3 Å². The predicted octanol–water partition coefficient (Wildman–Crippen LogP) is 4.07. The minimum absolute atomic E-state index is 0.208. The van der Waals surface area contributed by atoms with Gasteiger partial charge in [-0.15, -0.1) is 0 Å². The largest absolute Gasteiger partial charge is 0.311 e. The molecule has 0 saturated carbocycles. The molecule has 0 radical (unpaired) electrons. The Morgan fingerprint density at radius 3 is 2.86 bits per heavy atom. The van der Waals surface area contributed by atoms with Gasteiger partial charge in [-0.2, -0.15) is 5.10 Å². The summed E-state index contributed by atoms with van der Waals surface area (Å²) in [6.07, 6.45) is 8.64. The molecule has 0 aromatic heterocycles. The van der Waals surface area contributed by atoms with Crippen LogP contribution in [0.15, 0.2) is 41.7 Å². The molecule has 1 aromatic carbocycles. The molecular weight excluding hydrogens is 258 g/mol. The molecule has 0 N–H and O–H groups in total. The standard InChI is InChI=1S/C18H21N3/c1-4-14-12(3)16(5-2)21-18-17-13(7-6-8-15(14)17)9-10-20(18)11-19-21/h6-11,14,16,18H,3-5H2,1-2H3. The highest BCUT2D eigenvalue weighted by Crippen LogP contribution is 2.48. The first-order valence-corrected chi connectivity index (χ1v) is 7.85. The second-order valence-electron chi connectivity index (χ2n) is 6.06. The van der Waals surface area contributed by atoms with Gasteiger partial charge in [0.25, 0.3) is 0 Å². The van der Waals surface area contributed by atoms with Crippen LogP contribution in [0.1, 0.15) is 55.5 Å². The van der Waals surface area contributed by atoms with E-state index in [2.05, 4.69) is 60.8 Å². The first-order chi connectivity index (χ1) is 10.3. The molecule has 3 atom stereocenters. The molecule has 108 valence electrons. The summed E-state index contributed by atoms with van der Waals surface area (Å²) in [7, 11) is 0. The van der Waals surface area contributed by atoms with Crippen molar-refractivity contribution in [2.75, 3.05) is 0 Å². The summed E-state index contributed by atoms with van der Waals surface area (Å²) in [6.45, 7) is 8.95. The smallest absolute Gasteiger partial charge is 0.150 e. The predicted molar refractivity (Wildman–Crippen MR) is 86.6 cm³/mol. The number of hydrazone groups is 1. The van der Waals surface area contributed by atoms with Crippen LogP contribution in [0.5, 0.6) is 0 Å². The van der Waals surface area contributed by atoms with Crippen molar-refractivity contribution in [3.8, 4) is 0 Å². The maximum atomic E-state index is 4.70. The molecule has 0 amide bonds. The molecule has 21 heavy (non-hydrogen) atoms. The molecule has 3 aliphatic heterocycles. The van der Waals surface area contributed by atoms with Crippen molar-refractivity contribution in [1.82, 2.24) is 9.91 Å². The van der Waals surface area contributed by atoms with Crippen molar-refractivity contribution in [2.24, 2.45) is 5.10 Å². The minimum Gasteiger partial charge on any atom is -0.311 e. The van der Waals surface area contributed by atoms with Gasteiger partial charge in [0.05, 0.1) is 6.04 Å². The molecule has 0 fully saturated rings. The van der Waals surface area contributed by atoms with Crippen molar-refractivity contribution in [1.29, 1.82) is 0 Å². The molecule has 0 saturated heterocycles. The molecule has 3 heteroatoms. The quantitative estimate of drug-likeness (QED) is 0.760. The average Bonchev–Trinajstić information content (AvgIpc) is 2.89. The highest BCUT2D eigenvalue weighted by molar-refractivity contribution is 5.70. The monoisotopic (exact) mass is 279 g/mol. The maximum Gasteiger partial charge on any atom is 0.150 e. The number of hydrogen-bond acceptors (Lipinski definition) is 3. The van der Waals surface area contributed by atoms with Crippen molar-refractivity contribution < 1.29 is 0 Å². The number of hydrogen-bond donors (Lipinski definition) is 0. The van der Waals surface area contributed by atoms with Gasteiger partial charge in [-0.05, 0) is 35.6 Å². The number of benzene rings is 1. The summed E-state index contributed by atoms with van der Waals surface area (Å²) in [5, 5.41) is 6.95. The van der Waals surface area contributed by atoms with Crippen LogP contribution in [0.2, 0.25) is 0 Å². The van der Waals surface area contributed by atoms with Gasteiger partial charge in [0.2, 0.25) is 0 Å². The average molecular weight is 279 g/mol. The van der Waals surface area contributed by atoms with E-state index >= 15 is 0 Å². The van der Waals surface area contributed by atoms with Crippen LogP contribution in [0, 0.1) is 0 Å². The van der Waals surface area contributed by atoms with E-state index in [0.29, 0.717) is 12.0 Å². The van der Waals surface area contributed by atoms with Crippen molar-refractivity contribution in [2.45, 2.75) is 44.8 Å². The van der Waals surface area contributed by atoms with Gasteiger partial charge in [-0.3, -0.25) is 5.01 Å². The van der Waals surface area contributed by atoms with Crippen LogP contribution in [0.4, 0.5) is 0 Å². The van der Waals surface area contributed by atoms with Gasteiger partial charge in [-0.1, -0.05) is 38.6 Å².